The standard InChI is InChI=1S/C16H19N3O2/c17-18-16(20)15-8-7-14(21-15)11-19-9-3-6-12-4-1-2-5-13(12)10-19/h1-2,4-5,7-8H,3,6,9-11,17H2,(H,18,20). The molecule has 5 heteroatoms. The number of hydrogen-bond acceptors (Lipinski definition) is 4. The largest absolute Gasteiger partial charge is 0.455 e. The lowest BCUT2D eigenvalue weighted by molar-refractivity contribution is 0.0921. The Morgan fingerprint density at radius 3 is 2.86 bits per heavy atom. The maximum Gasteiger partial charge on any atom is 0.300 e. The number of hydrogen-bond donors (Lipinski definition) is 2. The van der Waals surface area contributed by atoms with Gasteiger partial charge < -0.3 is 4.42 Å². The second kappa shape index (κ2) is 6.11. The molecule has 1 aromatic carbocycles. The van der Waals surface area contributed by atoms with E-state index in [1.54, 1.807) is 6.07 Å². The van der Waals surface area contributed by atoms with Crippen LogP contribution in [0.15, 0.2) is 40.8 Å². The SMILES string of the molecule is NNC(=O)c1ccc(CN2CCCc3ccccc3C2)o1. The number of amides is 1. The third-order valence-corrected chi connectivity index (χ3v) is 3.83. The van der Waals surface area contributed by atoms with Crippen LogP contribution < -0.4 is 11.3 Å². The minimum Gasteiger partial charge on any atom is -0.455 e. The van der Waals surface area contributed by atoms with Gasteiger partial charge in [0.2, 0.25) is 0 Å². The van der Waals surface area contributed by atoms with Crippen molar-refractivity contribution in [3.8, 4) is 0 Å². The number of nitrogen functional groups attached to an aromatic ring is 1. The first-order chi connectivity index (χ1) is 10.3. The Hall–Kier alpha value is -2.11. The Labute approximate surface area is 123 Å². The van der Waals surface area contributed by atoms with Gasteiger partial charge in [-0.05, 0) is 42.6 Å². The number of nitrogens with one attached hydrogen (secondary N) is 1. The van der Waals surface area contributed by atoms with E-state index in [0.29, 0.717) is 6.54 Å². The monoisotopic (exact) mass is 285 g/mol. The first kappa shape index (κ1) is 13.9. The lowest BCUT2D eigenvalue weighted by atomic mass is 10.0. The summed E-state index contributed by atoms with van der Waals surface area (Å²) >= 11 is 0. The minimum absolute atomic E-state index is 0.253. The molecule has 0 atom stereocenters. The van der Waals surface area contributed by atoms with Gasteiger partial charge in [0.15, 0.2) is 5.76 Å². The van der Waals surface area contributed by atoms with Gasteiger partial charge in [-0.25, -0.2) is 5.84 Å². The molecule has 0 fully saturated rings. The number of nitrogens with zero attached hydrogens (tertiary/aromatic N) is 1. The van der Waals surface area contributed by atoms with E-state index in [-0.39, 0.29) is 5.76 Å². The van der Waals surface area contributed by atoms with Crippen LogP contribution in [0.1, 0.15) is 33.9 Å². The first-order valence-corrected chi connectivity index (χ1v) is 7.15. The van der Waals surface area contributed by atoms with E-state index in [1.165, 1.54) is 11.1 Å². The molecular formula is C16H19N3O2. The highest BCUT2D eigenvalue weighted by Crippen LogP contribution is 2.20. The van der Waals surface area contributed by atoms with E-state index in [4.69, 9.17) is 10.3 Å². The average Bonchev–Trinajstić information content (AvgIpc) is 2.86. The summed E-state index contributed by atoms with van der Waals surface area (Å²) in [4.78, 5) is 13.7. The van der Waals surface area contributed by atoms with Gasteiger partial charge in [0.25, 0.3) is 0 Å². The molecule has 2 heterocycles. The number of carbonyl (C=O) groups is 1. The molecule has 3 N–H and O–H groups in total. The lowest BCUT2D eigenvalue weighted by Gasteiger charge is -2.18. The summed E-state index contributed by atoms with van der Waals surface area (Å²) < 4.78 is 5.53. The number of furan rings is 1. The van der Waals surface area contributed by atoms with Gasteiger partial charge in [-0.2, -0.15) is 0 Å². The van der Waals surface area contributed by atoms with Crippen molar-refractivity contribution in [2.75, 3.05) is 6.54 Å². The van der Waals surface area contributed by atoms with Gasteiger partial charge in [0.1, 0.15) is 5.76 Å². The molecule has 0 saturated heterocycles. The second-order valence-electron chi connectivity index (χ2n) is 5.32. The first-order valence-electron chi connectivity index (χ1n) is 7.15. The quantitative estimate of drug-likeness (QED) is 0.513. The van der Waals surface area contributed by atoms with Gasteiger partial charge in [0, 0.05) is 6.54 Å². The molecule has 0 bridgehead atoms. The van der Waals surface area contributed by atoms with Gasteiger partial charge in [-0.15, -0.1) is 0 Å². The number of benzene rings is 1. The van der Waals surface area contributed by atoms with Crippen LogP contribution in [0.25, 0.3) is 0 Å². The summed E-state index contributed by atoms with van der Waals surface area (Å²) in [7, 11) is 0. The van der Waals surface area contributed by atoms with Gasteiger partial charge in [-0.1, -0.05) is 24.3 Å². The predicted molar refractivity (Wildman–Crippen MR) is 79.2 cm³/mol. The highest BCUT2D eigenvalue weighted by Gasteiger charge is 2.16. The maximum absolute atomic E-state index is 11.4. The normalized spacial score (nSPS) is 15.3. The third-order valence-electron chi connectivity index (χ3n) is 3.83. The Kier molecular flexibility index (Phi) is 4.03. The van der Waals surface area contributed by atoms with Crippen molar-refractivity contribution < 1.29 is 9.21 Å². The highest BCUT2D eigenvalue weighted by atomic mass is 16.4. The van der Waals surface area contributed by atoms with E-state index >= 15 is 0 Å². The summed E-state index contributed by atoms with van der Waals surface area (Å²) in [6, 6.07) is 12.1. The van der Waals surface area contributed by atoms with Crippen molar-refractivity contribution in [1.29, 1.82) is 0 Å². The lowest BCUT2D eigenvalue weighted by Crippen LogP contribution is -2.29. The fourth-order valence-corrected chi connectivity index (χ4v) is 2.78. The summed E-state index contributed by atoms with van der Waals surface area (Å²) in [5.74, 6) is 5.74. The van der Waals surface area contributed by atoms with Crippen molar-refractivity contribution in [2.45, 2.75) is 25.9 Å². The molecule has 0 saturated carbocycles. The average molecular weight is 285 g/mol. The third kappa shape index (κ3) is 3.15. The van der Waals surface area contributed by atoms with Crippen LogP contribution >= 0.6 is 0 Å². The van der Waals surface area contributed by atoms with Crippen LogP contribution in [0, 0.1) is 0 Å². The number of fused-ring (bicyclic) bond motifs is 1. The molecule has 5 nitrogen and oxygen atoms in total. The molecule has 3 rings (SSSR count). The zero-order valence-corrected chi connectivity index (χ0v) is 11.8. The molecule has 1 aliphatic heterocycles. The van der Waals surface area contributed by atoms with E-state index in [1.807, 2.05) is 6.07 Å². The van der Waals surface area contributed by atoms with Gasteiger partial charge in [-0.3, -0.25) is 15.1 Å². The van der Waals surface area contributed by atoms with Crippen molar-refractivity contribution in [1.82, 2.24) is 10.3 Å². The molecule has 21 heavy (non-hydrogen) atoms. The van der Waals surface area contributed by atoms with Gasteiger partial charge in [0.05, 0.1) is 6.54 Å². The molecule has 2 aromatic rings. The van der Waals surface area contributed by atoms with Crippen molar-refractivity contribution in [3.63, 3.8) is 0 Å². The van der Waals surface area contributed by atoms with Crippen LogP contribution in [0.4, 0.5) is 0 Å². The fourth-order valence-electron chi connectivity index (χ4n) is 2.78. The Bertz CT molecular complexity index is 636. The molecule has 0 spiro atoms. The number of nitrogens with two attached hydrogens (primary N) is 1. The van der Waals surface area contributed by atoms with Crippen LogP contribution in [0.2, 0.25) is 0 Å². The molecule has 0 radical (unpaired) electrons. The summed E-state index contributed by atoms with van der Waals surface area (Å²) in [6.07, 6.45) is 2.25. The Balaban J connectivity index is 1.70. The molecular weight excluding hydrogens is 266 g/mol. The summed E-state index contributed by atoms with van der Waals surface area (Å²) in [5.41, 5.74) is 4.88. The van der Waals surface area contributed by atoms with Crippen LogP contribution in [-0.2, 0) is 19.5 Å². The molecule has 0 aliphatic carbocycles. The van der Waals surface area contributed by atoms with Gasteiger partial charge >= 0.3 is 5.91 Å². The molecule has 0 unspecified atom stereocenters. The molecule has 1 amide bonds. The summed E-state index contributed by atoms with van der Waals surface area (Å²) in [6.45, 7) is 2.63. The van der Waals surface area contributed by atoms with Crippen LogP contribution in [0.3, 0.4) is 0 Å². The van der Waals surface area contributed by atoms with Crippen molar-refractivity contribution in [3.05, 3.63) is 59.0 Å². The van der Waals surface area contributed by atoms with E-state index in [9.17, 15) is 4.79 Å². The number of rotatable bonds is 3. The fraction of sp³-hybridized carbons (Fsp3) is 0.312. The number of carbonyl (C=O) groups excluding carboxylic acids is 1. The second-order valence-corrected chi connectivity index (χ2v) is 5.32. The Morgan fingerprint density at radius 2 is 2.05 bits per heavy atom. The molecule has 1 aromatic heterocycles. The van der Waals surface area contributed by atoms with E-state index < -0.39 is 5.91 Å². The van der Waals surface area contributed by atoms with Crippen molar-refractivity contribution >= 4 is 5.91 Å². The topological polar surface area (TPSA) is 71.5 Å². The van der Waals surface area contributed by atoms with Crippen LogP contribution in [0.5, 0.6) is 0 Å². The predicted octanol–water partition coefficient (Wildman–Crippen LogP) is 1.83. The van der Waals surface area contributed by atoms with Crippen molar-refractivity contribution in [2.24, 2.45) is 5.84 Å². The minimum atomic E-state index is -0.400. The number of aryl methyl sites for hydroxylation is 1. The zero-order chi connectivity index (χ0) is 14.7. The highest BCUT2D eigenvalue weighted by molar-refractivity contribution is 5.90. The van der Waals surface area contributed by atoms with E-state index in [2.05, 4.69) is 34.6 Å². The summed E-state index contributed by atoms with van der Waals surface area (Å²) in [5, 5.41) is 0. The van der Waals surface area contributed by atoms with E-state index in [0.717, 1.165) is 31.7 Å². The van der Waals surface area contributed by atoms with Crippen LogP contribution in [-0.4, -0.2) is 17.4 Å². The number of hydrazine groups is 1. The zero-order valence-electron chi connectivity index (χ0n) is 11.8. The molecule has 1 aliphatic rings. The smallest absolute Gasteiger partial charge is 0.300 e. The Morgan fingerprint density at radius 1 is 1.24 bits per heavy atom. The molecule has 110 valence electrons. The maximum atomic E-state index is 11.4.